The van der Waals surface area contributed by atoms with Crippen LogP contribution in [-0.4, -0.2) is 51.0 Å². The Morgan fingerprint density at radius 3 is 3.09 bits per heavy atom. The van der Waals surface area contributed by atoms with Gasteiger partial charge in [-0.1, -0.05) is 0 Å². The van der Waals surface area contributed by atoms with Crippen molar-refractivity contribution in [3.8, 4) is 0 Å². The van der Waals surface area contributed by atoms with Gasteiger partial charge in [0, 0.05) is 32.2 Å². The third kappa shape index (κ3) is 3.59. The van der Waals surface area contributed by atoms with Gasteiger partial charge in [0.05, 0.1) is 17.9 Å². The molecule has 23 heavy (non-hydrogen) atoms. The molecule has 1 aliphatic heterocycles. The van der Waals surface area contributed by atoms with E-state index < -0.39 is 0 Å². The van der Waals surface area contributed by atoms with Crippen molar-refractivity contribution >= 4 is 17.7 Å². The van der Waals surface area contributed by atoms with Gasteiger partial charge in [0.15, 0.2) is 5.82 Å². The first-order chi connectivity index (χ1) is 11.3. The average Bonchev–Trinajstić information content (AvgIpc) is 3.06. The van der Waals surface area contributed by atoms with E-state index in [0.29, 0.717) is 11.8 Å². The largest absolute Gasteiger partial charge is 0.375 e. The van der Waals surface area contributed by atoms with Crippen molar-refractivity contribution < 1.29 is 9.53 Å². The topological polar surface area (TPSA) is 93.1 Å². The zero-order valence-electron chi connectivity index (χ0n) is 12.8. The molecule has 3 heterocycles. The highest BCUT2D eigenvalue weighted by Crippen LogP contribution is 2.31. The van der Waals surface area contributed by atoms with Gasteiger partial charge < -0.3 is 15.0 Å². The summed E-state index contributed by atoms with van der Waals surface area (Å²) in [4.78, 5) is 30.8. The molecule has 0 spiro atoms. The summed E-state index contributed by atoms with van der Waals surface area (Å²) in [5, 5.41) is 3.01. The summed E-state index contributed by atoms with van der Waals surface area (Å²) < 4.78 is 4.95. The lowest BCUT2D eigenvalue weighted by atomic mass is 10.1. The first kappa shape index (κ1) is 15.3. The van der Waals surface area contributed by atoms with E-state index in [1.807, 2.05) is 11.0 Å². The number of aromatic nitrogens is 4. The molecule has 1 N–H and O–H groups in total. The number of carbonyl (C=O) groups is 1. The maximum absolute atomic E-state index is 12.1. The second kappa shape index (κ2) is 7.10. The van der Waals surface area contributed by atoms with Crippen LogP contribution < -0.4 is 5.32 Å². The van der Waals surface area contributed by atoms with Gasteiger partial charge in [0.1, 0.15) is 6.61 Å². The summed E-state index contributed by atoms with van der Waals surface area (Å²) in [6, 6.07) is 1.80. The molecule has 0 aliphatic carbocycles. The van der Waals surface area contributed by atoms with Crippen molar-refractivity contribution in [1.82, 2.24) is 24.8 Å². The number of amides is 1. The summed E-state index contributed by atoms with van der Waals surface area (Å²) in [5.41, 5.74) is 0.813. The number of carbonyl (C=O) groups excluding carboxylic acids is 1. The number of hydrogen-bond donors (Lipinski definition) is 1. The molecule has 0 bridgehead atoms. The Morgan fingerprint density at radius 1 is 1.39 bits per heavy atom. The summed E-state index contributed by atoms with van der Waals surface area (Å²) in [6.07, 6.45) is 8.31. The number of anilines is 2. The number of rotatable bonds is 5. The fraction of sp³-hybridized carbons (Fsp3) is 0.400. The summed E-state index contributed by atoms with van der Waals surface area (Å²) in [7, 11) is 1.52. The second-order valence-electron chi connectivity index (χ2n) is 5.20. The van der Waals surface area contributed by atoms with Gasteiger partial charge in [-0.15, -0.1) is 0 Å². The highest BCUT2D eigenvalue weighted by atomic mass is 16.5. The Bertz CT molecular complexity index is 666. The number of nitrogens with one attached hydrogen (secondary N) is 1. The van der Waals surface area contributed by atoms with Crippen molar-refractivity contribution in [3.63, 3.8) is 0 Å². The number of ether oxygens (including phenoxy) is 1. The van der Waals surface area contributed by atoms with Crippen LogP contribution in [0.3, 0.4) is 0 Å². The molecule has 8 heteroatoms. The lowest BCUT2D eigenvalue weighted by Gasteiger charge is -2.24. The van der Waals surface area contributed by atoms with Crippen molar-refractivity contribution in [1.29, 1.82) is 0 Å². The van der Waals surface area contributed by atoms with Crippen LogP contribution >= 0.6 is 0 Å². The molecule has 1 saturated heterocycles. The molecular weight excluding hydrogens is 296 g/mol. The molecule has 2 aromatic rings. The molecule has 1 atom stereocenters. The van der Waals surface area contributed by atoms with Crippen LogP contribution in [0, 0.1) is 0 Å². The number of likely N-dealkylation sites (tertiary alicyclic amines) is 1. The number of methoxy groups -OCH3 is 1. The van der Waals surface area contributed by atoms with Crippen LogP contribution in [0.2, 0.25) is 0 Å². The van der Waals surface area contributed by atoms with Crippen molar-refractivity contribution in [2.45, 2.75) is 18.9 Å². The van der Waals surface area contributed by atoms with Gasteiger partial charge in [-0.25, -0.2) is 15.0 Å². The van der Waals surface area contributed by atoms with Crippen molar-refractivity contribution in [2.24, 2.45) is 0 Å². The van der Waals surface area contributed by atoms with E-state index in [0.717, 1.165) is 25.1 Å². The Labute approximate surface area is 134 Å². The molecule has 0 radical (unpaired) electrons. The predicted octanol–water partition coefficient (Wildman–Crippen LogP) is 1.32. The van der Waals surface area contributed by atoms with Gasteiger partial charge >= 0.3 is 0 Å². The van der Waals surface area contributed by atoms with E-state index in [1.54, 1.807) is 24.8 Å². The smallest absolute Gasteiger partial charge is 0.249 e. The molecular formula is C15H18N6O2. The third-order valence-corrected chi connectivity index (χ3v) is 3.66. The quantitative estimate of drug-likeness (QED) is 0.889. The van der Waals surface area contributed by atoms with Crippen molar-refractivity contribution in [2.75, 3.05) is 25.6 Å². The summed E-state index contributed by atoms with van der Waals surface area (Å²) >= 11 is 0. The molecule has 3 rings (SSSR count). The highest BCUT2D eigenvalue weighted by Gasteiger charge is 2.30. The van der Waals surface area contributed by atoms with E-state index in [-0.39, 0.29) is 18.6 Å². The van der Waals surface area contributed by atoms with Crippen LogP contribution in [0.4, 0.5) is 11.8 Å². The average molecular weight is 314 g/mol. The molecule has 8 nitrogen and oxygen atoms in total. The van der Waals surface area contributed by atoms with E-state index in [2.05, 4.69) is 25.3 Å². The predicted molar refractivity (Wildman–Crippen MR) is 82.9 cm³/mol. The standard InChI is InChI=1S/C15H18N6O2/c1-23-10-14(22)21-8-2-3-12(21)11-4-5-18-15(19-11)20-13-9-16-6-7-17-13/h4-7,9,12H,2-3,8,10H2,1H3,(H,17,18,19,20)/t12-/m0/s1. The lowest BCUT2D eigenvalue weighted by molar-refractivity contribution is -0.136. The Kier molecular flexibility index (Phi) is 4.72. The summed E-state index contributed by atoms with van der Waals surface area (Å²) in [5.74, 6) is 0.995. The maximum atomic E-state index is 12.1. The number of nitrogens with zero attached hydrogens (tertiary/aromatic N) is 5. The van der Waals surface area contributed by atoms with Crippen LogP contribution in [0.15, 0.2) is 30.9 Å². The van der Waals surface area contributed by atoms with E-state index in [9.17, 15) is 4.79 Å². The lowest BCUT2D eigenvalue weighted by Crippen LogP contribution is -2.33. The van der Waals surface area contributed by atoms with Gasteiger partial charge in [-0.2, -0.15) is 0 Å². The molecule has 1 fully saturated rings. The van der Waals surface area contributed by atoms with Crippen LogP contribution in [0.25, 0.3) is 0 Å². The minimum Gasteiger partial charge on any atom is -0.375 e. The Morgan fingerprint density at radius 2 is 2.30 bits per heavy atom. The SMILES string of the molecule is COCC(=O)N1CCC[C@H]1c1ccnc(Nc2cnccn2)n1. The van der Waals surface area contributed by atoms with Gasteiger partial charge in [-0.05, 0) is 18.9 Å². The number of hydrogen-bond acceptors (Lipinski definition) is 7. The van der Waals surface area contributed by atoms with Crippen LogP contribution in [0.5, 0.6) is 0 Å². The van der Waals surface area contributed by atoms with Crippen molar-refractivity contribution in [3.05, 3.63) is 36.5 Å². The monoisotopic (exact) mass is 314 g/mol. The first-order valence-corrected chi connectivity index (χ1v) is 7.42. The molecule has 1 amide bonds. The molecule has 0 aromatic carbocycles. The summed E-state index contributed by atoms with van der Waals surface area (Å²) in [6.45, 7) is 0.816. The zero-order chi connectivity index (χ0) is 16.1. The zero-order valence-corrected chi connectivity index (χ0v) is 12.8. The highest BCUT2D eigenvalue weighted by molar-refractivity contribution is 5.78. The minimum absolute atomic E-state index is 0.0166. The molecule has 2 aromatic heterocycles. The van der Waals surface area contributed by atoms with E-state index in [4.69, 9.17) is 4.74 Å². The van der Waals surface area contributed by atoms with Crippen LogP contribution in [-0.2, 0) is 9.53 Å². The van der Waals surface area contributed by atoms with Crippen LogP contribution in [0.1, 0.15) is 24.6 Å². The van der Waals surface area contributed by atoms with E-state index in [1.165, 1.54) is 7.11 Å². The molecule has 0 saturated carbocycles. The molecule has 0 unspecified atom stereocenters. The van der Waals surface area contributed by atoms with Gasteiger partial charge in [0.25, 0.3) is 0 Å². The fourth-order valence-corrected chi connectivity index (χ4v) is 2.68. The molecule has 120 valence electrons. The third-order valence-electron chi connectivity index (χ3n) is 3.66. The normalized spacial score (nSPS) is 17.3. The second-order valence-corrected chi connectivity index (χ2v) is 5.20. The Balaban J connectivity index is 1.77. The maximum Gasteiger partial charge on any atom is 0.249 e. The minimum atomic E-state index is -0.0388. The van der Waals surface area contributed by atoms with Gasteiger partial charge in [-0.3, -0.25) is 9.78 Å². The fourth-order valence-electron chi connectivity index (χ4n) is 2.68. The van der Waals surface area contributed by atoms with Gasteiger partial charge in [0.2, 0.25) is 11.9 Å². The first-order valence-electron chi connectivity index (χ1n) is 7.42. The van der Waals surface area contributed by atoms with E-state index >= 15 is 0 Å². The molecule has 1 aliphatic rings. The Hall–Kier alpha value is -2.61.